The largest absolute Gasteiger partial charge is 0.481 e. The Morgan fingerprint density at radius 2 is 2.18 bits per heavy atom. The van der Waals surface area contributed by atoms with Crippen LogP contribution in [-0.4, -0.2) is 26.0 Å². The fourth-order valence-corrected chi connectivity index (χ4v) is 1.88. The Balaban J connectivity index is 2.85. The van der Waals surface area contributed by atoms with Gasteiger partial charge in [0.05, 0.1) is 18.2 Å². The van der Waals surface area contributed by atoms with Crippen LogP contribution in [0.2, 0.25) is 0 Å². The number of rotatable bonds is 6. The molecule has 0 aliphatic carbocycles. The molecule has 0 saturated heterocycles. The Hall–Kier alpha value is -1.36. The van der Waals surface area contributed by atoms with E-state index in [1.165, 1.54) is 0 Å². The molecule has 2 N–H and O–H groups in total. The molecule has 5 nitrogen and oxygen atoms in total. The molecule has 0 aromatic carbocycles. The van der Waals surface area contributed by atoms with Gasteiger partial charge in [-0.2, -0.15) is 5.10 Å². The van der Waals surface area contributed by atoms with Crippen LogP contribution in [0.5, 0.6) is 0 Å². The van der Waals surface area contributed by atoms with Crippen molar-refractivity contribution in [2.24, 2.45) is 11.8 Å². The Kier molecular flexibility index (Phi) is 4.69. The summed E-state index contributed by atoms with van der Waals surface area (Å²) >= 11 is 0. The minimum Gasteiger partial charge on any atom is -0.481 e. The number of aliphatic hydroxyl groups excluding tert-OH is 1. The lowest BCUT2D eigenvalue weighted by Gasteiger charge is -2.21. The van der Waals surface area contributed by atoms with Gasteiger partial charge in [0.25, 0.3) is 0 Å². The maximum Gasteiger partial charge on any atom is 0.309 e. The molecule has 0 amide bonds. The molecule has 0 radical (unpaired) electrons. The average molecular weight is 240 g/mol. The molecule has 0 saturated carbocycles. The zero-order valence-electron chi connectivity index (χ0n) is 10.5. The zero-order chi connectivity index (χ0) is 13.0. The number of aliphatic carboxylic acids is 1. The van der Waals surface area contributed by atoms with Gasteiger partial charge in [-0.05, 0) is 12.3 Å². The highest BCUT2D eigenvalue weighted by Crippen LogP contribution is 2.28. The first kappa shape index (κ1) is 13.7. The van der Waals surface area contributed by atoms with E-state index in [-0.39, 0.29) is 5.92 Å². The first-order valence-corrected chi connectivity index (χ1v) is 5.90. The Labute approximate surface area is 101 Å². The van der Waals surface area contributed by atoms with Crippen molar-refractivity contribution in [3.63, 3.8) is 0 Å². The van der Waals surface area contributed by atoms with Crippen molar-refractivity contribution in [1.82, 2.24) is 9.78 Å². The predicted octanol–water partition coefficient (Wildman–Crippen LogP) is 1.68. The van der Waals surface area contributed by atoms with E-state index in [9.17, 15) is 9.90 Å². The van der Waals surface area contributed by atoms with Crippen LogP contribution in [0.3, 0.4) is 0 Å². The molecule has 1 heterocycles. The minimum absolute atomic E-state index is 0.128. The van der Waals surface area contributed by atoms with Gasteiger partial charge in [0, 0.05) is 18.3 Å². The predicted molar refractivity (Wildman–Crippen MR) is 63.4 cm³/mol. The molecule has 17 heavy (non-hydrogen) atoms. The molecule has 96 valence electrons. The second-order valence-electron chi connectivity index (χ2n) is 4.59. The maximum atomic E-state index is 11.1. The van der Waals surface area contributed by atoms with E-state index < -0.39 is 18.0 Å². The summed E-state index contributed by atoms with van der Waals surface area (Å²) in [6.07, 6.45) is 3.20. The SMILES string of the molecule is CCCn1cc(C(O)C(C(=O)O)C(C)C)cn1. The molecule has 1 rings (SSSR count). The highest BCUT2D eigenvalue weighted by Gasteiger charge is 2.31. The van der Waals surface area contributed by atoms with E-state index in [2.05, 4.69) is 5.10 Å². The van der Waals surface area contributed by atoms with Crippen molar-refractivity contribution in [3.05, 3.63) is 18.0 Å². The van der Waals surface area contributed by atoms with Crippen molar-refractivity contribution in [2.75, 3.05) is 0 Å². The first-order valence-electron chi connectivity index (χ1n) is 5.90. The minimum atomic E-state index is -1.00. The van der Waals surface area contributed by atoms with Gasteiger partial charge in [-0.1, -0.05) is 20.8 Å². The molecule has 5 heteroatoms. The van der Waals surface area contributed by atoms with E-state index in [0.717, 1.165) is 13.0 Å². The summed E-state index contributed by atoms with van der Waals surface area (Å²) in [6.45, 7) is 6.38. The molecule has 0 aliphatic heterocycles. The van der Waals surface area contributed by atoms with Crippen LogP contribution in [0, 0.1) is 11.8 Å². The van der Waals surface area contributed by atoms with Crippen molar-refractivity contribution in [3.8, 4) is 0 Å². The third kappa shape index (κ3) is 3.30. The number of aliphatic hydroxyl groups is 1. The third-order valence-corrected chi connectivity index (χ3v) is 2.79. The van der Waals surface area contributed by atoms with Crippen LogP contribution >= 0.6 is 0 Å². The van der Waals surface area contributed by atoms with Crippen molar-refractivity contribution in [1.29, 1.82) is 0 Å². The van der Waals surface area contributed by atoms with Gasteiger partial charge in [0.1, 0.15) is 0 Å². The summed E-state index contributed by atoms with van der Waals surface area (Å²) in [5, 5.41) is 23.3. The smallest absolute Gasteiger partial charge is 0.309 e. The molecule has 0 spiro atoms. The number of aryl methyl sites for hydroxylation is 1. The van der Waals surface area contributed by atoms with Gasteiger partial charge in [-0.25, -0.2) is 0 Å². The number of carbonyl (C=O) groups is 1. The van der Waals surface area contributed by atoms with Crippen LogP contribution in [0.25, 0.3) is 0 Å². The van der Waals surface area contributed by atoms with E-state index in [1.54, 1.807) is 30.9 Å². The Morgan fingerprint density at radius 3 is 2.65 bits per heavy atom. The average Bonchev–Trinajstić information content (AvgIpc) is 2.65. The topological polar surface area (TPSA) is 75.4 Å². The fourth-order valence-electron chi connectivity index (χ4n) is 1.88. The second kappa shape index (κ2) is 5.82. The molecule has 0 fully saturated rings. The Bertz CT molecular complexity index is 374. The summed E-state index contributed by atoms with van der Waals surface area (Å²) < 4.78 is 1.72. The van der Waals surface area contributed by atoms with Crippen LogP contribution in [-0.2, 0) is 11.3 Å². The standard InChI is InChI=1S/C12H20N2O3/c1-4-5-14-7-9(6-13-14)11(15)10(8(2)3)12(16)17/h6-8,10-11,15H,4-5H2,1-3H3,(H,16,17). The molecule has 1 aromatic heterocycles. The first-order chi connectivity index (χ1) is 7.97. The summed E-state index contributed by atoms with van der Waals surface area (Å²) in [4.78, 5) is 11.1. The lowest BCUT2D eigenvalue weighted by Crippen LogP contribution is -2.26. The fraction of sp³-hybridized carbons (Fsp3) is 0.667. The lowest BCUT2D eigenvalue weighted by molar-refractivity contribution is -0.148. The van der Waals surface area contributed by atoms with Gasteiger partial charge in [-0.3, -0.25) is 9.48 Å². The highest BCUT2D eigenvalue weighted by molar-refractivity contribution is 5.71. The number of aromatic nitrogens is 2. The van der Waals surface area contributed by atoms with Crippen LogP contribution in [0.1, 0.15) is 38.9 Å². The number of hydrogen-bond donors (Lipinski definition) is 2. The van der Waals surface area contributed by atoms with Crippen LogP contribution in [0.15, 0.2) is 12.4 Å². The van der Waals surface area contributed by atoms with Gasteiger partial charge in [-0.15, -0.1) is 0 Å². The number of carboxylic acids is 1. The molecular weight excluding hydrogens is 220 g/mol. The van der Waals surface area contributed by atoms with E-state index in [1.807, 2.05) is 6.92 Å². The summed E-state index contributed by atoms with van der Waals surface area (Å²) in [5.74, 6) is -1.90. The monoisotopic (exact) mass is 240 g/mol. The third-order valence-electron chi connectivity index (χ3n) is 2.79. The van der Waals surface area contributed by atoms with Gasteiger partial charge >= 0.3 is 5.97 Å². The van der Waals surface area contributed by atoms with Crippen LogP contribution in [0.4, 0.5) is 0 Å². The van der Waals surface area contributed by atoms with Crippen LogP contribution < -0.4 is 0 Å². The summed E-state index contributed by atoms with van der Waals surface area (Å²) in [6, 6.07) is 0. The summed E-state index contributed by atoms with van der Waals surface area (Å²) in [5.41, 5.74) is 0.569. The quantitative estimate of drug-likeness (QED) is 0.793. The lowest BCUT2D eigenvalue weighted by atomic mass is 9.88. The summed E-state index contributed by atoms with van der Waals surface area (Å²) in [7, 11) is 0. The molecule has 2 unspecified atom stereocenters. The van der Waals surface area contributed by atoms with Crippen molar-refractivity contribution in [2.45, 2.75) is 39.8 Å². The second-order valence-corrected chi connectivity index (χ2v) is 4.59. The van der Waals surface area contributed by atoms with E-state index in [4.69, 9.17) is 5.11 Å². The normalized spacial score (nSPS) is 14.9. The van der Waals surface area contributed by atoms with Crippen molar-refractivity contribution >= 4 is 5.97 Å². The maximum absolute atomic E-state index is 11.1. The number of nitrogens with zero attached hydrogens (tertiary/aromatic N) is 2. The van der Waals surface area contributed by atoms with Gasteiger partial charge in [0.2, 0.25) is 0 Å². The molecular formula is C12H20N2O3. The highest BCUT2D eigenvalue weighted by atomic mass is 16.4. The molecule has 2 atom stereocenters. The van der Waals surface area contributed by atoms with E-state index >= 15 is 0 Å². The molecule has 1 aromatic rings. The number of carboxylic acid groups (broad SMARTS) is 1. The van der Waals surface area contributed by atoms with E-state index in [0.29, 0.717) is 5.56 Å². The molecule has 0 aliphatic rings. The van der Waals surface area contributed by atoms with Crippen molar-refractivity contribution < 1.29 is 15.0 Å². The molecule has 0 bridgehead atoms. The zero-order valence-corrected chi connectivity index (χ0v) is 10.5. The number of hydrogen-bond acceptors (Lipinski definition) is 3. The van der Waals surface area contributed by atoms with Gasteiger partial charge < -0.3 is 10.2 Å². The Morgan fingerprint density at radius 1 is 1.53 bits per heavy atom. The van der Waals surface area contributed by atoms with Gasteiger partial charge in [0.15, 0.2) is 0 Å².